The number of hydrazone groups is 1. The van der Waals surface area contributed by atoms with Gasteiger partial charge in [0.05, 0.1) is 18.9 Å². The number of halogens is 1. The molecule has 0 saturated heterocycles. The number of anilines is 1. The summed E-state index contributed by atoms with van der Waals surface area (Å²) in [5.74, 6) is -0.266. The van der Waals surface area contributed by atoms with E-state index in [1.165, 1.54) is 13.3 Å². The molecule has 206 valence electrons. The summed E-state index contributed by atoms with van der Waals surface area (Å²) < 4.78 is 11.8. The van der Waals surface area contributed by atoms with Crippen LogP contribution in [0.2, 0.25) is 0 Å². The van der Waals surface area contributed by atoms with Gasteiger partial charge in [-0.3, -0.25) is 4.79 Å². The zero-order valence-electron chi connectivity index (χ0n) is 22.6. The molecule has 1 amide bonds. The predicted molar refractivity (Wildman–Crippen MR) is 165 cm³/mol. The highest BCUT2D eigenvalue weighted by Crippen LogP contribution is 2.34. The fourth-order valence-electron chi connectivity index (χ4n) is 4.35. The van der Waals surface area contributed by atoms with Crippen molar-refractivity contribution in [3.8, 4) is 22.6 Å². The highest BCUT2D eigenvalue weighted by atomic mass is 79.9. The number of hydrogen-bond acceptors (Lipinski definition) is 6. The van der Waals surface area contributed by atoms with Gasteiger partial charge in [0.25, 0.3) is 5.91 Å². The second-order valence-electron chi connectivity index (χ2n) is 9.37. The van der Waals surface area contributed by atoms with E-state index >= 15 is 0 Å². The molecule has 2 N–H and O–H groups in total. The van der Waals surface area contributed by atoms with E-state index in [1.807, 2.05) is 61.5 Å². The van der Waals surface area contributed by atoms with Crippen LogP contribution in [0.25, 0.3) is 22.0 Å². The van der Waals surface area contributed by atoms with Crippen LogP contribution in [-0.4, -0.2) is 44.3 Å². The number of nitrogens with zero attached hydrogens (tertiary/aromatic N) is 2. The van der Waals surface area contributed by atoms with E-state index in [2.05, 4.69) is 37.5 Å². The topological polar surface area (TPSA) is 96.0 Å². The fourth-order valence-corrected chi connectivity index (χ4v) is 4.61. The standard InChI is InChI=1S/C32H27BrN4O4/c1-37(2)24-14-15-26-25(18-24)29(21-7-5-4-6-8-21)30(35-26)31(38)36-34-19-20-9-16-27(28(17-20)40-3)41-32(39)22-10-12-23(33)13-11-22/h4-19,35H,1-3H3,(H,36,38). The number of amides is 1. The van der Waals surface area contributed by atoms with E-state index in [0.717, 1.165) is 32.2 Å². The smallest absolute Gasteiger partial charge is 0.343 e. The van der Waals surface area contributed by atoms with Crippen LogP contribution in [0.4, 0.5) is 5.69 Å². The van der Waals surface area contributed by atoms with E-state index in [4.69, 9.17) is 9.47 Å². The lowest BCUT2D eigenvalue weighted by Crippen LogP contribution is -2.18. The molecule has 0 bridgehead atoms. The van der Waals surface area contributed by atoms with Gasteiger partial charge in [-0.25, -0.2) is 10.2 Å². The molecule has 0 unspecified atom stereocenters. The minimum absolute atomic E-state index is 0.268. The van der Waals surface area contributed by atoms with Crippen molar-refractivity contribution >= 4 is 50.6 Å². The Morgan fingerprint density at radius 2 is 1.68 bits per heavy atom. The van der Waals surface area contributed by atoms with Gasteiger partial charge in [-0.15, -0.1) is 0 Å². The van der Waals surface area contributed by atoms with Crippen LogP contribution in [0.15, 0.2) is 101 Å². The number of esters is 1. The van der Waals surface area contributed by atoms with E-state index in [0.29, 0.717) is 22.6 Å². The molecule has 1 heterocycles. The predicted octanol–water partition coefficient (Wildman–Crippen LogP) is 6.66. The van der Waals surface area contributed by atoms with Crippen molar-refractivity contribution in [2.24, 2.45) is 5.10 Å². The van der Waals surface area contributed by atoms with Crippen LogP contribution in [0.5, 0.6) is 11.5 Å². The molecule has 0 aliphatic carbocycles. The van der Waals surface area contributed by atoms with Crippen molar-refractivity contribution in [1.82, 2.24) is 10.4 Å². The summed E-state index contributed by atoms with van der Waals surface area (Å²) in [5, 5.41) is 5.11. The SMILES string of the molecule is COc1cc(C=NNC(=O)c2[nH]c3ccc(N(C)C)cc3c2-c2ccccc2)ccc1OC(=O)c1ccc(Br)cc1. The Kier molecular flexibility index (Phi) is 8.16. The number of aromatic amines is 1. The number of nitrogens with one attached hydrogen (secondary N) is 2. The summed E-state index contributed by atoms with van der Waals surface area (Å²) in [7, 11) is 5.44. The van der Waals surface area contributed by atoms with Gasteiger partial charge in [0.2, 0.25) is 0 Å². The molecule has 0 aliphatic heterocycles. The number of benzene rings is 4. The summed E-state index contributed by atoms with van der Waals surface area (Å²) in [6.45, 7) is 0. The number of carbonyl (C=O) groups excluding carboxylic acids is 2. The third-order valence-corrected chi connectivity index (χ3v) is 6.97. The Morgan fingerprint density at radius 3 is 2.39 bits per heavy atom. The van der Waals surface area contributed by atoms with Crippen molar-refractivity contribution < 1.29 is 19.1 Å². The number of methoxy groups -OCH3 is 1. The number of rotatable bonds is 8. The zero-order valence-corrected chi connectivity index (χ0v) is 24.2. The van der Waals surface area contributed by atoms with Gasteiger partial charge < -0.3 is 19.4 Å². The van der Waals surface area contributed by atoms with Crippen molar-refractivity contribution in [3.05, 3.63) is 112 Å². The maximum atomic E-state index is 13.3. The fraction of sp³-hybridized carbons (Fsp3) is 0.0938. The van der Waals surface area contributed by atoms with Gasteiger partial charge in [0, 0.05) is 40.7 Å². The van der Waals surface area contributed by atoms with E-state index in [9.17, 15) is 9.59 Å². The quantitative estimate of drug-likeness (QED) is 0.0887. The molecule has 0 radical (unpaired) electrons. The van der Waals surface area contributed by atoms with Crippen LogP contribution in [0, 0.1) is 0 Å². The van der Waals surface area contributed by atoms with Gasteiger partial charge in [-0.05, 0) is 71.8 Å². The van der Waals surface area contributed by atoms with Crippen LogP contribution in [0.3, 0.4) is 0 Å². The maximum Gasteiger partial charge on any atom is 0.343 e. The summed E-state index contributed by atoms with van der Waals surface area (Å²) in [5.41, 5.74) is 7.68. The van der Waals surface area contributed by atoms with Gasteiger partial charge in [0.1, 0.15) is 5.69 Å². The zero-order chi connectivity index (χ0) is 28.9. The number of ether oxygens (including phenoxy) is 2. The first kappa shape index (κ1) is 27.7. The van der Waals surface area contributed by atoms with E-state index < -0.39 is 5.97 Å². The first-order chi connectivity index (χ1) is 19.8. The minimum atomic E-state index is -0.505. The van der Waals surface area contributed by atoms with Crippen LogP contribution < -0.4 is 19.8 Å². The molecule has 5 rings (SSSR count). The Labute approximate surface area is 245 Å². The first-order valence-corrected chi connectivity index (χ1v) is 13.5. The normalized spacial score (nSPS) is 11.0. The van der Waals surface area contributed by atoms with Crippen molar-refractivity contribution in [2.75, 3.05) is 26.1 Å². The molecule has 0 saturated carbocycles. The second kappa shape index (κ2) is 12.1. The van der Waals surface area contributed by atoms with Gasteiger partial charge in [-0.1, -0.05) is 46.3 Å². The molecule has 0 spiro atoms. The highest BCUT2D eigenvalue weighted by Gasteiger charge is 2.20. The van der Waals surface area contributed by atoms with Gasteiger partial charge in [0.15, 0.2) is 11.5 Å². The number of aromatic nitrogens is 1. The molecule has 41 heavy (non-hydrogen) atoms. The molecule has 0 atom stereocenters. The third kappa shape index (κ3) is 6.15. The molecule has 9 heteroatoms. The lowest BCUT2D eigenvalue weighted by molar-refractivity contribution is 0.0729. The molecular formula is C32H27BrN4O4. The molecular weight excluding hydrogens is 584 g/mol. The average Bonchev–Trinajstić information content (AvgIpc) is 3.37. The van der Waals surface area contributed by atoms with Crippen molar-refractivity contribution in [2.45, 2.75) is 0 Å². The Hall–Kier alpha value is -4.89. The lowest BCUT2D eigenvalue weighted by Gasteiger charge is -2.12. The highest BCUT2D eigenvalue weighted by molar-refractivity contribution is 9.10. The maximum absolute atomic E-state index is 13.3. The first-order valence-electron chi connectivity index (χ1n) is 12.7. The molecule has 5 aromatic rings. The number of carbonyl (C=O) groups is 2. The van der Waals surface area contributed by atoms with Gasteiger partial charge >= 0.3 is 5.97 Å². The Morgan fingerprint density at radius 1 is 0.927 bits per heavy atom. The number of H-pyrrole nitrogens is 1. The van der Waals surface area contributed by atoms with Crippen LogP contribution in [0.1, 0.15) is 26.4 Å². The summed E-state index contributed by atoms with van der Waals surface area (Å²) in [6.07, 6.45) is 1.50. The molecule has 4 aromatic carbocycles. The second-order valence-corrected chi connectivity index (χ2v) is 10.3. The largest absolute Gasteiger partial charge is 0.493 e. The van der Waals surface area contributed by atoms with Crippen molar-refractivity contribution in [3.63, 3.8) is 0 Å². The molecule has 1 aromatic heterocycles. The van der Waals surface area contributed by atoms with Crippen LogP contribution >= 0.6 is 15.9 Å². The van der Waals surface area contributed by atoms with Gasteiger partial charge in [-0.2, -0.15) is 5.10 Å². The summed E-state index contributed by atoms with van der Waals surface area (Å²) in [4.78, 5) is 31.1. The molecule has 8 nitrogen and oxygen atoms in total. The third-order valence-electron chi connectivity index (χ3n) is 6.44. The number of fused-ring (bicyclic) bond motifs is 1. The van der Waals surface area contributed by atoms with E-state index in [1.54, 1.807) is 42.5 Å². The van der Waals surface area contributed by atoms with Crippen LogP contribution in [-0.2, 0) is 0 Å². The Balaban J connectivity index is 1.36. The van der Waals surface area contributed by atoms with Crippen molar-refractivity contribution in [1.29, 1.82) is 0 Å². The number of hydrogen-bond donors (Lipinski definition) is 2. The average molecular weight is 611 g/mol. The molecule has 0 fully saturated rings. The monoisotopic (exact) mass is 610 g/mol. The summed E-state index contributed by atoms with van der Waals surface area (Å²) in [6, 6.07) is 27.7. The summed E-state index contributed by atoms with van der Waals surface area (Å²) >= 11 is 3.35. The van der Waals surface area contributed by atoms with E-state index in [-0.39, 0.29) is 11.7 Å². The Bertz CT molecular complexity index is 1750. The lowest BCUT2D eigenvalue weighted by atomic mass is 10.0. The minimum Gasteiger partial charge on any atom is -0.493 e. The molecule has 0 aliphatic rings.